The van der Waals surface area contributed by atoms with E-state index < -0.39 is 5.97 Å². The second-order valence-electron chi connectivity index (χ2n) is 6.59. The summed E-state index contributed by atoms with van der Waals surface area (Å²) in [7, 11) is 5.01. The van der Waals surface area contributed by atoms with Crippen LogP contribution in [0.25, 0.3) is 11.1 Å². The molecule has 0 aliphatic rings. The zero-order valence-corrected chi connectivity index (χ0v) is 17.9. The number of amides is 1. The van der Waals surface area contributed by atoms with Crippen LogP contribution in [0.4, 0.5) is 5.00 Å². The summed E-state index contributed by atoms with van der Waals surface area (Å²) in [6, 6.07) is 7.15. The van der Waals surface area contributed by atoms with Gasteiger partial charge in [-0.2, -0.15) is 5.10 Å². The lowest BCUT2D eigenvalue weighted by molar-refractivity contribution is -0.117. The molecule has 0 saturated heterocycles. The van der Waals surface area contributed by atoms with E-state index in [0.717, 1.165) is 11.1 Å². The van der Waals surface area contributed by atoms with Gasteiger partial charge < -0.3 is 10.1 Å². The Labute approximate surface area is 177 Å². The summed E-state index contributed by atoms with van der Waals surface area (Å²) in [6.07, 6.45) is 3.67. The molecule has 1 N–H and O–H groups in total. The van der Waals surface area contributed by atoms with Crippen LogP contribution in [0, 0.1) is 0 Å². The minimum atomic E-state index is -0.504. The molecule has 0 aliphatic heterocycles. The summed E-state index contributed by atoms with van der Waals surface area (Å²) in [5, 5.41) is 9.85. The number of methoxy groups -OCH3 is 1. The minimum Gasteiger partial charge on any atom is -0.465 e. The van der Waals surface area contributed by atoms with Crippen LogP contribution in [-0.2, 0) is 23.1 Å². The van der Waals surface area contributed by atoms with Gasteiger partial charge in [-0.1, -0.05) is 23.7 Å². The fourth-order valence-electron chi connectivity index (χ4n) is 2.93. The van der Waals surface area contributed by atoms with Gasteiger partial charge in [-0.25, -0.2) is 4.79 Å². The molecule has 7 nitrogen and oxygen atoms in total. The Morgan fingerprint density at radius 2 is 2.03 bits per heavy atom. The van der Waals surface area contributed by atoms with Crippen LogP contribution in [0.1, 0.15) is 15.9 Å². The number of hydrogen-bond acceptors (Lipinski definition) is 6. The number of nitrogens with zero attached hydrogens (tertiary/aromatic N) is 3. The van der Waals surface area contributed by atoms with E-state index in [-0.39, 0.29) is 12.5 Å². The van der Waals surface area contributed by atoms with Crippen molar-refractivity contribution < 1.29 is 14.3 Å². The molecule has 0 fully saturated rings. The zero-order chi connectivity index (χ0) is 21.0. The van der Waals surface area contributed by atoms with Crippen molar-refractivity contribution in [2.45, 2.75) is 6.54 Å². The van der Waals surface area contributed by atoms with Crippen LogP contribution in [0.2, 0.25) is 5.02 Å². The summed E-state index contributed by atoms with van der Waals surface area (Å²) in [5.74, 6) is -0.721. The average Bonchev–Trinajstić information content (AvgIpc) is 3.27. The number of anilines is 1. The predicted molar refractivity (Wildman–Crippen MR) is 114 cm³/mol. The second-order valence-corrected chi connectivity index (χ2v) is 7.91. The maximum Gasteiger partial charge on any atom is 0.341 e. The van der Waals surface area contributed by atoms with Crippen molar-refractivity contribution in [3.8, 4) is 11.1 Å². The molecule has 0 aliphatic carbocycles. The molecule has 2 heterocycles. The predicted octanol–water partition coefficient (Wildman–Crippen LogP) is 3.66. The van der Waals surface area contributed by atoms with Crippen molar-refractivity contribution in [2.24, 2.45) is 7.05 Å². The van der Waals surface area contributed by atoms with Gasteiger partial charge in [0, 0.05) is 41.3 Å². The molecule has 3 aromatic rings. The molecule has 0 unspecified atom stereocenters. The monoisotopic (exact) mass is 432 g/mol. The number of aromatic nitrogens is 2. The number of esters is 1. The first kappa shape index (κ1) is 21.0. The molecule has 3 rings (SSSR count). The Hall–Kier alpha value is -2.68. The first-order chi connectivity index (χ1) is 13.9. The van der Waals surface area contributed by atoms with Crippen molar-refractivity contribution in [2.75, 3.05) is 26.0 Å². The molecule has 1 aromatic carbocycles. The summed E-state index contributed by atoms with van der Waals surface area (Å²) in [5.41, 5.74) is 2.86. The molecule has 1 amide bonds. The first-order valence-corrected chi connectivity index (χ1v) is 10.0. The minimum absolute atomic E-state index is 0.170. The third-order valence-electron chi connectivity index (χ3n) is 4.21. The van der Waals surface area contributed by atoms with Crippen LogP contribution < -0.4 is 5.32 Å². The molecule has 152 valence electrons. The quantitative estimate of drug-likeness (QED) is 0.576. The van der Waals surface area contributed by atoms with Gasteiger partial charge in [0.1, 0.15) is 10.6 Å². The van der Waals surface area contributed by atoms with E-state index in [1.54, 1.807) is 23.0 Å². The Morgan fingerprint density at radius 1 is 1.31 bits per heavy atom. The van der Waals surface area contributed by atoms with Crippen molar-refractivity contribution in [3.05, 3.63) is 58.2 Å². The van der Waals surface area contributed by atoms with Gasteiger partial charge >= 0.3 is 5.97 Å². The number of carbonyl (C=O) groups excluding carboxylic acids is 2. The Morgan fingerprint density at radius 3 is 2.66 bits per heavy atom. The first-order valence-electron chi connectivity index (χ1n) is 8.79. The largest absolute Gasteiger partial charge is 0.465 e. The third-order valence-corrected chi connectivity index (χ3v) is 5.36. The van der Waals surface area contributed by atoms with Crippen molar-refractivity contribution >= 4 is 39.8 Å². The molecule has 0 radical (unpaired) electrons. The van der Waals surface area contributed by atoms with Gasteiger partial charge in [-0.05, 0) is 24.7 Å². The number of hydrogen-bond donors (Lipinski definition) is 1. The highest BCUT2D eigenvalue weighted by molar-refractivity contribution is 7.15. The highest BCUT2D eigenvalue weighted by Gasteiger charge is 2.22. The van der Waals surface area contributed by atoms with Gasteiger partial charge in [-0.15, -0.1) is 11.3 Å². The zero-order valence-electron chi connectivity index (χ0n) is 16.3. The van der Waals surface area contributed by atoms with Gasteiger partial charge in [0.15, 0.2) is 0 Å². The van der Waals surface area contributed by atoms with Crippen LogP contribution in [0.15, 0.2) is 42.0 Å². The number of rotatable bonds is 7. The maximum absolute atomic E-state index is 12.5. The van der Waals surface area contributed by atoms with Gasteiger partial charge in [0.05, 0.1) is 19.9 Å². The summed E-state index contributed by atoms with van der Waals surface area (Å²) < 4.78 is 6.65. The molecular formula is C20H21ClN4O3S. The van der Waals surface area contributed by atoms with E-state index in [9.17, 15) is 9.59 Å². The number of halogens is 1. The molecule has 9 heteroatoms. The number of thiophene rings is 1. The number of likely N-dealkylation sites (N-methyl/N-ethyl adjacent to an activating group) is 1. The summed E-state index contributed by atoms with van der Waals surface area (Å²) in [6.45, 7) is 0.759. The third kappa shape index (κ3) is 5.23. The number of carbonyl (C=O) groups is 2. The SMILES string of the molecule is COC(=O)c1c(-c2ccc(Cl)cc2)csc1NC(=O)CN(C)Cc1cnn(C)c1. The van der Waals surface area contributed by atoms with E-state index in [2.05, 4.69) is 10.4 Å². The Kier molecular flexibility index (Phi) is 6.68. The maximum atomic E-state index is 12.5. The lowest BCUT2D eigenvalue weighted by Crippen LogP contribution is -2.30. The Bertz CT molecular complexity index is 1010. The molecule has 0 spiro atoms. The standard InChI is InChI=1S/C20H21ClN4O3S/c1-24(9-13-8-22-25(2)10-13)11-17(26)23-19-18(20(27)28-3)16(12-29-19)14-4-6-15(21)7-5-14/h4-8,10,12H,9,11H2,1-3H3,(H,23,26). The smallest absolute Gasteiger partial charge is 0.341 e. The van der Waals surface area contributed by atoms with Crippen LogP contribution in [-0.4, -0.2) is 47.3 Å². The average molecular weight is 433 g/mol. The fourth-order valence-corrected chi connectivity index (χ4v) is 4.03. The lowest BCUT2D eigenvalue weighted by atomic mass is 10.0. The van der Waals surface area contributed by atoms with Crippen molar-refractivity contribution in [3.63, 3.8) is 0 Å². The van der Waals surface area contributed by atoms with Gasteiger partial charge in [-0.3, -0.25) is 14.4 Å². The van der Waals surface area contributed by atoms with E-state index >= 15 is 0 Å². The molecule has 29 heavy (non-hydrogen) atoms. The second kappa shape index (κ2) is 9.21. The van der Waals surface area contributed by atoms with Crippen LogP contribution in [0.3, 0.4) is 0 Å². The van der Waals surface area contributed by atoms with Gasteiger partial charge in [0.2, 0.25) is 5.91 Å². The summed E-state index contributed by atoms with van der Waals surface area (Å²) >= 11 is 7.24. The van der Waals surface area contributed by atoms with E-state index in [1.807, 2.05) is 42.7 Å². The molecule has 2 aromatic heterocycles. The molecular weight excluding hydrogens is 412 g/mol. The number of ether oxygens (including phenoxy) is 1. The number of benzene rings is 1. The van der Waals surface area contributed by atoms with E-state index in [0.29, 0.717) is 27.7 Å². The Balaban J connectivity index is 1.75. The number of aryl methyl sites for hydroxylation is 1. The van der Waals surface area contributed by atoms with E-state index in [4.69, 9.17) is 16.3 Å². The number of nitrogens with one attached hydrogen (secondary N) is 1. The fraction of sp³-hybridized carbons (Fsp3) is 0.250. The highest BCUT2D eigenvalue weighted by Crippen LogP contribution is 2.36. The van der Waals surface area contributed by atoms with Crippen molar-refractivity contribution in [1.82, 2.24) is 14.7 Å². The molecule has 0 atom stereocenters. The normalized spacial score (nSPS) is 10.9. The summed E-state index contributed by atoms with van der Waals surface area (Å²) in [4.78, 5) is 26.8. The van der Waals surface area contributed by atoms with Crippen LogP contribution in [0.5, 0.6) is 0 Å². The van der Waals surface area contributed by atoms with E-state index in [1.165, 1.54) is 18.4 Å². The molecule has 0 saturated carbocycles. The topological polar surface area (TPSA) is 76.5 Å². The lowest BCUT2D eigenvalue weighted by Gasteiger charge is -2.15. The van der Waals surface area contributed by atoms with Crippen molar-refractivity contribution in [1.29, 1.82) is 0 Å². The van der Waals surface area contributed by atoms with Gasteiger partial charge in [0.25, 0.3) is 0 Å². The highest BCUT2D eigenvalue weighted by atomic mass is 35.5. The van der Waals surface area contributed by atoms with Crippen LogP contribution >= 0.6 is 22.9 Å². The molecule has 0 bridgehead atoms.